The summed E-state index contributed by atoms with van der Waals surface area (Å²) in [6.45, 7) is 2.01. The molecule has 26 heavy (non-hydrogen) atoms. The van der Waals surface area contributed by atoms with Crippen molar-refractivity contribution in [3.63, 3.8) is 0 Å². The largest absolute Gasteiger partial charge is 0.423 e. The third-order valence-electron chi connectivity index (χ3n) is 3.82. The number of benzene rings is 2. The Morgan fingerprint density at radius 3 is 2.73 bits per heavy atom. The highest BCUT2D eigenvalue weighted by Crippen LogP contribution is 2.24. The first-order chi connectivity index (χ1) is 12.5. The SMILES string of the molecule is CCCc1cc(=O)oc2cc(OC(=O)c3cccc([N+](=O)[O-])c3)ccc12. The van der Waals surface area contributed by atoms with E-state index in [0.717, 1.165) is 29.9 Å². The summed E-state index contributed by atoms with van der Waals surface area (Å²) in [6, 6.07) is 11.5. The fraction of sp³-hybridized carbons (Fsp3) is 0.158. The molecule has 132 valence electrons. The lowest BCUT2D eigenvalue weighted by molar-refractivity contribution is -0.384. The zero-order valence-electron chi connectivity index (χ0n) is 13.9. The smallest absolute Gasteiger partial charge is 0.343 e. The molecule has 0 amide bonds. The Hall–Kier alpha value is -3.48. The van der Waals surface area contributed by atoms with E-state index in [4.69, 9.17) is 9.15 Å². The Kier molecular flexibility index (Phi) is 4.79. The van der Waals surface area contributed by atoms with Gasteiger partial charge >= 0.3 is 11.6 Å². The second-order valence-electron chi connectivity index (χ2n) is 5.70. The van der Waals surface area contributed by atoms with Gasteiger partial charge in [-0.15, -0.1) is 0 Å². The lowest BCUT2D eigenvalue weighted by Gasteiger charge is -2.07. The fourth-order valence-electron chi connectivity index (χ4n) is 2.66. The van der Waals surface area contributed by atoms with Gasteiger partial charge in [0.25, 0.3) is 5.69 Å². The number of hydrogen-bond acceptors (Lipinski definition) is 6. The Bertz CT molecular complexity index is 1050. The van der Waals surface area contributed by atoms with E-state index in [9.17, 15) is 19.7 Å². The molecule has 0 unspecified atom stereocenters. The maximum atomic E-state index is 12.2. The second kappa shape index (κ2) is 7.18. The molecule has 0 spiro atoms. The minimum Gasteiger partial charge on any atom is -0.423 e. The van der Waals surface area contributed by atoms with Crippen LogP contribution < -0.4 is 10.4 Å². The standard InChI is InChI=1S/C19H15NO6/c1-2-4-12-10-18(21)26-17-11-15(7-8-16(12)17)25-19(22)13-5-3-6-14(9-13)20(23)24/h3,5-11H,2,4H2,1H3. The van der Waals surface area contributed by atoms with E-state index in [1.807, 2.05) is 6.92 Å². The van der Waals surface area contributed by atoms with Crippen LogP contribution in [0.25, 0.3) is 11.0 Å². The highest BCUT2D eigenvalue weighted by Gasteiger charge is 2.14. The normalized spacial score (nSPS) is 10.7. The van der Waals surface area contributed by atoms with Crippen molar-refractivity contribution in [2.75, 3.05) is 0 Å². The monoisotopic (exact) mass is 353 g/mol. The molecule has 7 heteroatoms. The summed E-state index contributed by atoms with van der Waals surface area (Å²) < 4.78 is 10.5. The molecule has 0 fully saturated rings. The molecule has 1 aromatic heterocycles. The van der Waals surface area contributed by atoms with E-state index in [-0.39, 0.29) is 17.0 Å². The molecule has 1 heterocycles. The molecule has 0 aliphatic carbocycles. The first kappa shape index (κ1) is 17.3. The highest BCUT2D eigenvalue weighted by molar-refractivity contribution is 5.92. The van der Waals surface area contributed by atoms with Crippen molar-refractivity contribution in [3.8, 4) is 5.75 Å². The summed E-state index contributed by atoms with van der Waals surface area (Å²) in [7, 11) is 0. The van der Waals surface area contributed by atoms with Crippen LogP contribution in [0.15, 0.2) is 57.7 Å². The van der Waals surface area contributed by atoms with E-state index >= 15 is 0 Å². The third-order valence-corrected chi connectivity index (χ3v) is 3.82. The van der Waals surface area contributed by atoms with Crippen LogP contribution >= 0.6 is 0 Å². The molecule has 0 radical (unpaired) electrons. The van der Waals surface area contributed by atoms with Crippen LogP contribution in [0.2, 0.25) is 0 Å². The zero-order valence-corrected chi connectivity index (χ0v) is 13.9. The molecular formula is C19H15NO6. The topological polar surface area (TPSA) is 99.7 Å². The molecule has 0 N–H and O–H groups in total. The minimum absolute atomic E-state index is 0.0560. The number of nitro benzene ring substituents is 1. The van der Waals surface area contributed by atoms with Crippen molar-refractivity contribution in [2.45, 2.75) is 19.8 Å². The van der Waals surface area contributed by atoms with Crippen LogP contribution in [0.5, 0.6) is 5.75 Å². The molecule has 3 rings (SSSR count). The molecule has 0 saturated carbocycles. The van der Waals surface area contributed by atoms with E-state index < -0.39 is 16.5 Å². The van der Waals surface area contributed by atoms with E-state index in [0.29, 0.717) is 5.58 Å². The van der Waals surface area contributed by atoms with Gasteiger partial charge in [-0.1, -0.05) is 19.4 Å². The van der Waals surface area contributed by atoms with Crippen LogP contribution in [-0.4, -0.2) is 10.9 Å². The number of aryl methyl sites for hydroxylation is 1. The number of nitro groups is 1. The number of esters is 1. The second-order valence-corrected chi connectivity index (χ2v) is 5.70. The van der Waals surface area contributed by atoms with Gasteiger partial charge in [-0.05, 0) is 30.2 Å². The number of fused-ring (bicyclic) bond motifs is 1. The molecule has 7 nitrogen and oxygen atoms in total. The maximum absolute atomic E-state index is 12.2. The summed E-state index contributed by atoms with van der Waals surface area (Å²) in [5, 5.41) is 11.6. The number of ether oxygens (including phenoxy) is 1. The van der Waals surface area contributed by atoms with Crippen molar-refractivity contribution >= 4 is 22.6 Å². The molecular weight excluding hydrogens is 338 g/mol. The number of non-ortho nitro benzene ring substituents is 1. The third kappa shape index (κ3) is 3.61. The van der Waals surface area contributed by atoms with Gasteiger partial charge in [0, 0.05) is 29.7 Å². The van der Waals surface area contributed by atoms with Crippen LogP contribution in [0.3, 0.4) is 0 Å². The number of nitrogens with zero attached hydrogens (tertiary/aromatic N) is 1. The quantitative estimate of drug-likeness (QED) is 0.227. The van der Waals surface area contributed by atoms with Gasteiger partial charge in [0.05, 0.1) is 10.5 Å². The average Bonchev–Trinajstić information content (AvgIpc) is 2.61. The lowest BCUT2D eigenvalue weighted by atomic mass is 10.1. The molecule has 0 atom stereocenters. The first-order valence-corrected chi connectivity index (χ1v) is 8.01. The lowest BCUT2D eigenvalue weighted by Crippen LogP contribution is -2.09. The van der Waals surface area contributed by atoms with Gasteiger partial charge in [-0.2, -0.15) is 0 Å². The number of hydrogen-bond donors (Lipinski definition) is 0. The summed E-state index contributed by atoms with van der Waals surface area (Å²) >= 11 is 0. The van der Waals surface area contributed by atoms with Gasteiger partial charge in [0.2, 0.25) is 0 Å². The zero-order chi connectivity index (χ0) is 18.7. The predicted octanol–water partition coefficient (Wildman–Crippen LogP) is 3.87. The first-order valence-electron chi connectivity index (χ1n) is 8.01. The summed E-state index contributed by atoms with van der Waals surface area (Å²) in [5.74, 6) is -0.550. The Morgan fingerprint density at radius 1 is 1.19 bits per heavy atom. The summed E-state index contributed by atoms with van der Waals surface area (Å²) in [6.07, 6.45) is 1.61. The molecule has 0 aliphatic heterocycles. The van der Waals surface area contributed by atoms with E-state index in [1.54, 1.807) is 12.1 Å². The molecule has 0 bridgehead atoms. The van der Waals surface area contributed by atoms with Crippen LogP contribution in [0.1, 0.15) is 29.3 Å². The summed E-state index contributed by atoms with van der Waals surface area (Å²) in [4.78, 5) is 34.1. The van der Waals surface area contributed by atoms with Crippen molar-refractivity contribution in [1.29, 1.82) is 0 Å². The van der Waals surface area contributed by atoms with Crippen molar-refractivity contribution in [3.05, 3.63) is 80.2 Å². The van der Waals surface area contributed by atoms with Gasteiger partial charge in [-0.25, -0.2) is 9.59 Å². The van der Waals surface area contributed by atoms with E-state index in [1.165, 1.54) is 30.3 Å². The molecule has 0 aliphatic rings. The number of rotatable bonds is 5. The van der Waals surface area contributed by atoms with Crippen molar-refractivity contribution in [1.82, 2.24) is 0 Å². The Labute approximate surface area is 148 Å². The predicted molar refractivity (Wildman–Crippen MR) is 94.5 cm³/mol. The number of carbonyl (C=O) groups excluding carboxylic acids is 1. The van der Waals surface area contributed by atoms with Gasteiger partial charge in [-0.3, -0.25) is 10.1 Å². The molecule has 3 aromatic rings. The Balaban J connectivity index is 1.91. The van der Waals surface area contributed by atoms with E-state index in [2.05, 4.69) is 0 Å². The van der Waals surface area contributed by atoms with Crippen LogP contribution in [0.4, 0.5) is 5.69 Å². The van der Waals surface area contributed by atoms with Gasteiger partial charge in [0.15, 0.2) is 0 Å². The Morgan fingerprint density at radius 2 is 2.00 bits per heavy atom. The van der Waals surface area contributed by atoms with Crippen molar-refractivity contribution < 1.29 is 18.9 Å². The molecule has 0 saturated heterocycles. The van der Waals surface area contributed by atoms with Crippen molar-refractivity contribution in [2.24, 2.45) is 0 Å². The van der Waals surface area contributed by atoms with Crippen LogP contribution in [-0.2, 0) is 6.42 Å². The van der Waals surface area contributed by atoms with Gasteiger partial charge < -0.3 is 9.15 Å². The highest BCUT2D eigenvalue weighted by atomic mass is 16.6. The van der Waals surface area contributed by atoms with Crippen LogP contribution in [0, 0.1) is 10.1 Å². The minimum atomic E-state index is -0.736. The average molecular weight is 353 g/mol. The summed E-state index contributed by atoms with van der Waals surface area (Å²) in [5.41, 5.74) is 0.581. The van der Waals surface area contributed by atoms with Gasteiger partial charge in [0.1, 0.15) is 11.3 Å². The maximum Gasteiger partial charge on any atom is 0.343 e. The molecule has 2 aromatic carbocycles. The fourth-order valence-corrected chi connectivity index (χ4v) is 2.66. The number of carbonyl (C=O) groups is 1.